The van der Waals surface area contributed by atoms with Crippen LogP contribution < -0.4 is 10.6 Å². The van der Waals surface area contributed by atoms with E-state index in [4.69, 9.17) is 0 Å². The van der Waals surface area contributed by atoms with Crippen molar-refractivity contribution in [3.05, 3.63) is 35.4 Å². The Morgan fingerprint density at radius 3 is 2.75 bits per heavy atom. The molecule has 88 valence electrons. The van der Waals surface area contributed by atoms with E-state index in [1.807, 2.05) is 6.07 Å². The number of carbonyl (C=O) groups excluding carboxylic acids is 1. The highest BCUT2D eigenvalue weighted by atomic mass is 16.1. The van der Waals surface area contributed by atoms with Crippen molar-refractivity contribution in [3.8, 4) is 0 Å². The highest BCUT2D eigenvalue weighted by Crippen LogP contribution is 2.05. The maximum absolute atomic E-state index is 11.0. The van der Waals surface area contributed by atoms with Crippen molar-refractivity contribution in [1.82, 2.24) is 10.6 Å². The monoisotopic (exact) mass is 220 g/mol. The highest BCUT2D eigenvalue weighted by molar-refractivity contribution is 5.75. The molecule has 0 aliphatic carbocycles. The third kappa shape index (κ3) is 4.45. The summed E-state index contributed by atoms with van der Waals surface area (Å²) in [5, 5.41) is 5.96. The Bertz CT molecular complexity index is 336. The number of carbonyl (C=O) groups is 1. The van der Waals surface area contributed by atoms with Crippen molar-refractivity contribution in [2.75, 3.05) is 13.6 Å². The van der Waals surface area contributed by atoms with Crippen LogP contribution in [0, 0.1) is 6.92 Å². The molecule has 3 heteroatoms. The fourth-order valence-electron chi connectivity index (χ4n) is 1.53. The smallest absolute Gasteiger partial charge is 0.219 e. The molecule has 0 fully saturated rings. The van der Waals surface area contributed by atoms with Crippen LogP contribution in [0.1, 0.15) is 24.0 Å². The first-order valence-corrected chi connectivity index (χ1v) is 5.70. The van der Waals surface area contributed by atoms with Gasteiger partial charge < -0.3 is 10.6 Å². The van der Waals surface area contributed by atoms with Gasteiger partial charge in [0.15, 0.2) is 0 Å². The van der Waals surface area contributed by atoms with E-state index in [9.17, 15) is 4.79 Å². The molecular formula is C13H20N2O. The van der Waals surface area contributed by atoms with E-state index in [-0.39, 0.29) is 5.91 Å². The number of aryl methyl sites for hydroxylation is 1. The van der Waals surface area contributed by atoms with Crippen molar-refractivity contribution in [1.29, 1.82) is 0 Å². The topological polar surface area (TPSA) is 41.1 Å². The molecule has 16 heavy (non-hydrogen) atoms. The van der Waals surface area contributed by atoms with E-state index in [1.165, 1.54) is 11.1 Å². The molecule has 0 aromatic heterocycles. The number of benzene rings is 1. The van der Waals surface area contributed by atoms with Gasteiger partial charge in [-0.1, -0.05) is 24.3 Å². The van der Waals surface area contributed by atoms with Crippen LogP contribution in [-0.2, 0) is 11.3 Å². The summed E-state index contributed by atoms with van der Waals surface area (Å²) < 4.78 is 0. The van der Waals surface area contributed by atoms with Crippen LogP contribution in [0.25, 0.3) is 0 Å². The number of hydrogen-bond acceptors (Lipinski definition) is 2. The summed E-state index contributed by atoms with van der Waals surface area (Å²) in [7, 11) is 1.67. The summed E-state index contributed by atoms with van der Waals surface area (Å²) in [5.74, 6) is 0.109. The lowest BCUT2D eigenvalue weighted by atomic mass is 10.1. The normalized spacial score (nSPS) is 10.1. The molecule has 1 aromatic rings. The minimum absolute atomic E-state index is 0.109. The zero-order valence-corrected chi connectivity index (χ0v) is 10.0. The van der Waals surface area contributed by atoms with Crippen molar-refractivity contribution in [2.24, 2.45) is 0 Å². The molecule has 2 N–H and O–H groups in total. The molecule has 3 nitrogen and oxygen atoms in total. The lowest BCUT2D eigenvalue weighted by molar-refractivity contribution is -0.120. The van der Waals surface area contributed by atoms with E-state index in [0.717, 1.165) is 19.5 Å². The molecule has 0 spiro atoms. The molecule has 0 bridgehead atoms. The summed E-state index contributed by atoms with van der Waals surface area (Å²) in [4.78, 5) is 11.0. The predicted octanol–water partition coefficient (Wildman–Crippen LogP) is 1.61. The average molecular weight is 220 g/mol. The van der Waals surface area contributed by atoms with Gasteiger partial charge in [0.1, 0.15) is 0 Å². The van der Waals surface area contributed by atoms with Gasteiger partial charge in [0, 0.05) is 20.0 Å². The largest absolute Gasteiger partial charge is 0.359 e. The van der Waals surface area contributed by atoms with Gasteiger partial charge in [-0.05, 0) is 31.0 Å². The van der Waals surface area contributed by atoms with E-state index in [1.54, 1.807) is 7.05 Å². The first-order chi connectivity index (χ1) is 7.74. The number of rotatable bonds is 6. The molecule has 1 amide bonds. The van der Waals surface area contributed by atoms with Gasteiger partial charge in [0.25, 0.3) is 0 Å². The number of hydrogen-bond donors (Lipinski definition) is 2. The van der Waals surface area contributed by atoms with Crippen molar-refractivity contribution in [3.63, 3.8) is 0 Å². The highest BCUT2D eigenvalue weighted by Gasteiger charge is 1.98. The Kier molecular flexibility index (Phi) is 5.57. The Morgan fingerprint density at radius 2 is 2.06 bits per heavy atom. The number of nitrogens with one attached hydrogen (secondary N) is 2. The van der Waals surface area contributed by atoms with Crippen LogP contribution in [0.5, 0.6) is 0 Å². The van der Waals surface area contributed by atoms with E-state index in [0.29, 0.717) is 6.42 Å². The maximum atomic E-state index is 11.0. The lowest BCUT2D eigenvalue weighted by Crippen LogP contribution is -2.21. The predicted molar refractivity (Wildman–Crippen MR) is 66.2 cm³/mol. The molecule has 0 aliphatic heterocycles. The molecule has 0 radical (unpaired) electrons. The molecular weight excluding hydrogens is 200 g/mol. The first kappa shape index (κ1) is 12.7. The van der Waals surface area contributed by atoms with Crippen LogP contribution in [0.15, 0.2) is 24.3 Å². The molecule has 0 saturated heterocycles. The quantitative estimate of drug-likeness (QED) is 0.715. The molecule has 0 unspecified atom stereocenters. The molecule has 0 saturated carbocycles. The Labute approximate surface area is 97.2 Å². The Hall–Kier alpha value is -1.35. The summed E-state index contributed by atoms with van der Waals surface area (Å²) in [6, 6.07) is 8.33. The third-order valence-electron chi connectivity index (χ3n) is 2.61. The molecule has 1 rings (SSSR count). The summed E-state index contributed by atoms with van der Waals surface area (Å²) in [6.07, 6.45) is 1.48. The van der Waals surface area contributed by atoms with Crippen LogP contribution in [0.3, 0.4) is 0 Å². The standard InChI is InChI=1S/C13H20N2O/c1-11-6-3-4-7-12(11)10-15-9-5-8-13(16)14-2/h3-4,6-7,15H,5,8-10H2,1-2H3,(H,14,16). The fourth-order valence-corrected chi connectivity index (χ4v) is 1.53. The third-order valence-corrected chi connectivity index (χ3v) is 2.61. The molecule has 0 atom stereocenters. The zero-order chi connectivity index (χ0) is 11.8. The van der Waals surface area contributed by atoms with Crippen LogP contribution in [0.4, 0.5) is 0 Å². The van der Waals surface area contributed by atoms with Crippen LogP contribution in [-0.4, -0.2) is 19.5 Å². The van der Waals surface area contributed by atoms with Gasteiger partial charge in [-0.25, -0.2) is 0 Å². The SMILES string of the molecule is CNC(=O)CCCNCc1ccccc1C. The summed E-state index contributed by atoms with van der Waals surface area (Å²) in [5.41, 5.74) is 2.63. The summed E-state index contributed by atoms with van der Waals surface area (Å²) >= 11 is 0. The second kappa shape index (κ2) is 7.01. The Morgan fingerprint density at radius 1 is 1.31 bits per heavy atom. The second-order valence-corrected chi connectivity index (χ2v) is 3.88. The molecule has 0 heterocycles. The van der Waals surface area contributed by atoms with Crippen molar-refractivity contribution < 1.29 is 4.79 Å². The Balaban J connectivity index is 2.17. The van der Waals surface area contributed by atoms with Crippen molar-refractivity contribution >= 4 is 5.91 Å². The minimum Gasteiger partial charge on any atom is -0.359 e. The van der Waals surface area contributed by atoms with Crippen LogP contribution >= 0.6 is 0 Å². The first-order valence-electron chi connectivity index (χ1n) is 5.70. The zero-order valence-electron chi connectivity index (χ0n) is 10.0. The van der Waals surface area contributed by atoms with E-state index < -0.39 is 0 Å². The van der Waals surface area contributed by atoms with Crippen LogP contribution in [0.2, 0.25) is 0 Å². The van der Waals surface area contributed by atoms with E-state index in [2.05, 4.69) is 35.8 Å². The maximum Gasteiger partial charge on any atom is 0.219 e. The number of amides is 1. The van der Waals surface area contributed by atoms with Gasteiger partial charge >= 0.3 is 0 Å². The second-order valence-electron chi connectivity index (χ2n) is 3.88. The van der Waals surface area contributed by atoms with Gasteiger partial charge in [0.2, 0.25) is 5.91 Å². The van der Waals surface area contributed by atoms with Gasteiger partial charge in [-0.3, -0.25) is 4.79 Å². The average Bonchev–Trinajstić information content (AvgIpc) is 2.30. The molecule has 0 aliphatic rings. The minimum atomic E-state index is 0.109. The fraction of sp³-hybridized carbons (Fsp3) is 0.462. The summed E-state index contributed by atoms with van der Waals surface area (Å²) in [6.45, 7) is 3.86. The lowest BCUT2D eigenvalue weighted by Gasteiger charge is -2.07. The molecule has 1 aromatic carbocycles. The van der Waals surface area contributed by atoms with Gasteiger partial charge in [-0.15, -0.1) is 0 Å². The van der Waals surface area contributed by atoms with E-state index >= 15 is 0 Å². The van der Waals surface area contributed by atoms with Gasteiger partial charge in [0.05, 0.1) is 0 Å². The van der Waals surface area contributed by atoms with Gasteiger partial charge in [-0.2, -0.15) is 0 Å². The van der Waals surface area contributed by atoms with Crippen molar-refractivity contribution in [2.45, 2.75) is 26.3 Å².